The average Bonchev–Trinajstić information content (AvgIpc) is 2.44. The zero-order chi connectivity index (χ0) is 8.55. The summed E-state index contributed by atoms with van der Waals surface area (Å²) < 4.78 is 5.03. The molecule has 5 heteroatoms. The Bertz CT molecular complexity index is 412. The van der Waals surface area contributed by atoms with Gasteiger partial charge in [-0.3, -0.25) is 0 Å². The molecule has 62 valence electrons. The summed E-state index contributed by atoms with van der Waals surface area (Å²) in [6, 6.07) is 0. The summed E-state index contributed by atoms with van der Waals surface area (Å²) in [6.45, 7) is 1.94. The van der Waals surface area contributed by atoms with Crippen LogP contribution in [0.2, 0.25) is 0 Å². The molecule has 2 aromatic heterocycles. The maximum Gasteiger partial charge on any atom is 0.244 e. The van der Waals surface area contributed by atoms with Crippen LogP contribution in [0.25, 0.3) is 10.3 Å². The zero-order valence-corrected chi connectivity index (χ0v) is 7.55. The van der Waals surface area contributed by atoms with Gasteiger partial charge in [0.15, 0.2) is 10.3 Å². The number of thiazole rings is 1. The van der Waals surface area contributed by atoms with E-state index in [1.807, 2.05) is 6.92 Å². The largest absolute Gasteiger partial charge is 0.479 e. The Morgan fingerprint density at radius 2 is 2.25 bits per heavy atom. The Morgan fingerprint density at radius 1 is 1.42 bits per heavy atom. The van der Waals surface area contributed by atoms with Crippen LogP contribution in [0.4, 0.5) is 0 Å². The van der Waals surface area contributed by atoms with Crippen LogP contribution < -0.4 is 4.74 Å². The molecule has 0 aliphatic heterocycles. The van der Waals surface area contributed by atoms with Crippen molar-refractivity contribution >= 4 is 21.7 Å². The van der Waals surface area contributed by atoms with Crippen LogP contribution in [0.5, 0.6) is 5.88 Å². The molecule has 2 rings (SSSR count). The highest BCUT2D eigenvalue weighted by atomic mass is 32.1. The van der Waals surface area contributed by atoms with Gasteiger partial charge in [0, 0.05) is 0 Å². The predicted molar refractivity (Wildman–Crippen MR) is 46.5 cm³/mol. The Labute approximate surface area is 73.3 Å². The molecule has 12 heavy (non-hydrogen) atoms. The molecule has 0 aliphatic rings. The van der Waals surface area contributed by atoms with Crippen molar-refractivity contribution in [3.8, 4) is 5.88 Å². The molecule has 0 aromatic carbocycles. The minimum absolute atomic E-state index is 0.546. The second kappa shape index (κ2) is 2.67. The van der Waals surface area contributed by atoms with Crippen molar-refractivity contribution in [1.82, 2.24) is 15.0 Å². The summed E-state index contributed by atoms with van der Waals surface area (Å²) in [6.07, 6.45) is 1.48. The van der Waals surface area contributed by atoms with Crippen LogP contribution in [0.15, 0.2) is 6.33 Å². The average molecular weight is 181 g/mol. The van der Waals surface area contributed by atoms with Crippen molar-refractivity contribution in [2.24, 2.45) is 0 Å². The molecule has 0 aliphatic carbocycles. The number of hydrogen-bond acceptors (Lipinski definition) is 5. The van der Waals surface area contributed by atoms with Crippen LogP contribution in [0.3, 0.4) is 0 Å². The van der Waals surface area contributed by atoms with Gasteiger partial charge < -0.3 is 4.74 Å². The van der Waals surface area contributed by atoms with Crippen molar-refractivity contribution in [3.63, 3.8) is 0 Å². The van der Waals surface area contributed by atoms with E-state index in [1.54, 1.807) is 7.11 Å². The van der Waals surface area contributed by atoms with Gasteiger partial charge in [-0.2, -0.15) is 4.98 Å². The summed E-state index contributed by atoms with van der Waals surface area (Å²) >= 11 is 1.54. The van der Waals surface area contributed by atoms with Gasteiger partial charge in [-0.25, -0.2) is 9.97 Å². The summed E-state index contributed by atoms with van der Waals surface area (Å²) in [5.41, 5.74) is 0.752. The van der Waals surface area contributed by atoms with Crippen LogP contribution >= 0.6 is 11.3 Å². The highest BCUT2D eigenvalue weighted by Crippen LogP contribution is 2.24. The molecule has 0 saturated heterocycles. The van der Waals surface area contributed by atoms with Gasteiger partial charge >= 0.3 is 0 Å². The van der Waals surface area contributed by atoms with Gasteiger partial charge in [-0.1, -0.05) is 11.3 Å². The highest BCUT2D eigenvalue weighted by Gasteiger charge is 2.07. The maximum absolute atomic E-state index is 5.03. The Hall–Kier alpha value is -1.23. The number of hydrogen-bond donors (Lipinski definition) is 0. The molecule has 2 heterocycles. The van der Waals surface area contributed by atoms with Gasteiger partial charge in [0.05, 0.1) is 12.1 Å². The van der Waals surface area contributed by atoms with Crippen molar-refractivity contribution in [1.29, 1.82) is 0 Å². The zero-order valence-electron chi connectivity index (χ0n) is 6.74. The first kappa shape index (κ1) is 7.42. The monoisotopic (exact) mass is 181 g/mol. The third-order valence-corrected chi connectivity index (χ3v) is 2.34. The number of nitrogens with zero attached hydrogens (tertiary/aromatic N) is 3. The quantitative estimate of drug-likeness (QED) is 0.667. The molecule has 0 unspecified atom stereocenters. The summed E-state index contributed by atoms with van der Waals surface area (Å²) in [5.74, 6) is 0.546. The van der Waals surface area contributed by atoms with Crippen molar-refractivity contribution in [2.45, 2.75) is 6.92 Å². The number of ether oxygens (including phenoxy) is 1. The van der Waals surface area contributed by atoms with E-state index in [4.69, 9.17) is 4.74 Å². The molecule has 0 radical (unpaired) electrons. The smallest absolute Gasteiger partial charge is 0.244 e. The van der Waals surface area contributed by atoms with E-state index in [9.17, 15) is 0 Å². The number of methoxy groups -OCH3 is 1. The van der Waals surface area contributed by atoms with Crippen LogP contribution in [-0.2, 0) is 0 Å². The topological polar surface area (TPSA) is 47.9 Å². The second-order valence-corrected chi connectivity index (χ2v) is 3.45. The second-order valence-electron chi connectivity index (χ2n) is 2.27. The molecule has 0 fully saturated rings. The van der Waals surface area contributed by atoms with Crippen molar-refractivity contribution in [2.75, 3.05) is 7.11 Å². The molecule has 0 bridgehead atoms. The summed E-state index contributed by atoms with van der Waals surface area (Å²) in [7, 11) is 1.58. The van der Waals surface area contributed by atoms with E-state index in [-0.39, 0.29) is 0 Å². The summed E-state index contributed by atoms with van der Waals surface area (Å²) in [5, 5.41) is 0.976. The first-order chi connectivity index (χ1) is 5.81. The molecule has 0 N–H and O–H groups in total. The van der Waals surface area contributed by atoms with E-state index in [2.05, 4.69) is 15.0 Å². The lowest BCUT2D eigenvalue weighted by Gasteiger charge is -1.95. The lowest BCUT2D eigenvalue weighted by atomic mass is 10.5. The van der Waals surface area contributed by atoms with E-state index in [1.165, 1.54) is 17.7 Å². The summed E-state index contributed by atoms with van der Waals surface area (Å²) in [4.78, 5) is 13.2. The third-order valence-electron chi connectivity index (χ3n) is 1.46. The van der Waals surface area contributed by atoms with E-state index in [0.29, 0.717) is 5.88 Å². The molecular weight excluding hydrogens is 174 g/mol. The molecule has 2 aromatic rings. The fraction of sp³-hybridized carbons (Fsp3) is 0.286. The number of aromatic nitrogens is 3. The fourth-order valence-electron chi connectivity index (χ4n) is 0.987. The molecule has 0 amide bonds. The number of aryl methyl sites for hydroxylation is 1. The lowest BCUT2D eigenvalue weighted by molar-refractivity contribution is 0.402. The molecule has 4 nitrogen and oxygen atoms in total. The molecule has 0 spiro atoms. The van der Waals surface area contributed by atoms with Crippen LogP contribution in [-0.4, -0.2) is 22.1 Å². The predicted octanol–water partition coefficient (Wildman–Crippen LogP) is 1.40. The van der Waals surface area contributed by atoms with Crippen LogP contribution in [0.1, 0.15) is 5.01 Å². The van der Waals surface area contributed by atoms with Gasteiger partial charge in [-0.05, 0) is 6.92 Å². The fourth-order valence-corrected chi connectivity index (χ4v) is 1.73. The third kappa shape index (κ3) is 1.02. The van der Waals surface area contributed by atoms with E-state index >= 15 is 0 Å². The standard InChI is InChI=1S/C7H7N3OS/c1-4-10-5-6(11-2)8-3-9-7(5)12-4/h3H,1-2H3. The first-order valence-electron chi connectivity index (χ1n) is 3.43. The first-order valence-corrected chi connectivity index (χ1v) is 4.25. The Kier molecular flexibility index (Phi) is 1.65. The van der Waals surface area contributed by atoms with Crippen molar-refractivity contribution < 1.29 is 4.74 Å². The minimum atomic E-state index is 0.546. The maximum atomic E-state index is 5.03. The number of fused-ring (bicyclic) bond motifs is 1. The SMILES string of the molecule is COc1ncnc2sc(C)nc12. The van der Waals surface area contributed by atoms with Gasteiger partial charge in [0.2, 0.25) is 5.88 Å². The molecular formula is C7H7N3OS. The van der Waals surface area contributed by atoms with E-state index in [0.717, 1.165) is 15.4 Å². The van der Waals surface area contributed by atoms with Gasteiger partial charge in [-0.15, -0.1) is 0 Å². The van der Waals surface area contributed by atoms with Gasteiger partial charge in [0.1, 0.15) is 6.33 Å². The lowest BCUT2D eigenvalue weighted by Crippen LogP contribution is -1.89. The molecule has 0 saturated carbocycles. The Balaban J connectivity index is 2.78. The van der Waals surface area contributed by atoms with Crippen molar-refractivity contribution in [3.05, 3.63) is 11.3 Å². The highest BCUT2D eigenvalue weighted by molar-refractivity contribution is 7.18. The Morgan fingerprint density at radius 3 is 3.00 bits per heavy atom. The van der Waals surface area contributed by atoms with E-state index < -0.39 is 0 Å². The normalized spacial score (nSPS) is 10.5. The van der Waals surface area contributed by atoms with Gasteiger partial charge in [0.25, 0.3) is 0 Å². The number of rotatable bonds is 1. The minimum Gasteiger partial charge on any atom is -0.479 e. The van der Waals surface area contributed by atoms with Crippen LogP contribution in [0, 0.1) is 6.92 Å². The molecule has 0 atom stereocenters.